The summed E-state index contributed by atoms with van der Waals surface area (Å²) in [5, 5.41) is 3.17. The van der Waals surface area contributed by atoms with Gasteiger partial charge in [-0.3, -0.25) is 4.79 Å². The number of nitrogens with one attached hydrogen (secondary N) is 1. The Morgan fingerprint density at radius 2 is 2.18 bits per heavy atom. The number of aromatic nitrogens is 1. The van der Waals surface area contributed by atoms with Crippen LogP contribution >= 0.6 is 27.3 Å². The fraction of sp³-hybridized carbons (Fsp3) is 0.235. The van der Waals surface area contributed by atoms with Gasteiger partial charge in [-0.05, 0) is 52.4 Å². The lowest BCUT2D eigenvalue weighted by Gasteiger charge is -2.33. The summed E-state index contributed by atoms with van der Waals surface area (Å²) in [6, 6.07) is 10.2. The molecule has 1 atom stereocenters. The number of fused-ring (bicyclic) bond motifs is 2. The first-order valence-electron chi connectivity index (χ1n) is 7.30. The highest BCUT2D eigenvalue weighted by atomic mass is 79.9. The van der Waals surface area contributed by atoms with Gasteiger partial charge >= 0.3 is 0 Å². The number of hydrogen-bond donors (Lipinski definition) is 1. The lowest BCUT2D eigenvalue weighted by atomic mass is 10.0. The molecule has 1 aliphatic rings. The molecule has 0 aliphatic carbocycles. The van der Waals surface area contributed by atoms with Gasteiger partial charge in [0.05, 0.1) is 10.5 Å². The Bertz CT molecular complexity index is 867. The summed E-state index contributed by atoms with van der Waals surface area (Å²) in [5.74, 6) is 0.0624. The molecule has 0 bridgehead atoms. The van der Waals surface area contributed by atoms with Gasteiger partial charge in [-0.1, -0.05) is 18.2 Å². The third kappa shape index (κ3) is 2.03. The predicted octanol–water partition coefficient (Wildman–Crippen LogP) is 4.75. The zero-order valence-corrected chi connectivity index (χ0v) is 14.5. The van der Waals surface area contributed by atoms with E-state index in [1.165, 1.54) is 10.4 Å². The van der Waals surface area contributed by atoms with Gasteiger partial charge in [0.15, 0.2) is 0 Å². The lowest BCUT2D eigenvalue weighted by molar-refractivity contribution is 0.0673. The molecule has 3 aromatic rings. The molecule has 3 heterocycles. The Labute approximate surface area is 141 Å². The van der Waals surface area contributed by atoms with E-state index < -0.39 is 0 Å². The van der Waals surface area contributed by atoms with E-state index in [1.54, 1.807) is 11.3 Å². The minimum Gasteiger partial charge on any atom is -0.350 e. The van der Waals surface area contributed by atoms with E-state index in [4.69, 9.17) is 0 Å². The van der Waals surface area contributed by atoms with Crippen molar-refractivity contribution in [1.82, 2.24) is 9.88 Å². The number of H-pyrrole nitrogens is 1. The summed E-state index contributed by atoms with van der Waals surface area (Å²) in [5.41, 5.74) is 2.92. The molecule has 4 rings (SSSR count). The van der Waals surface area contributed by atoms with Crippen molar-refractivity contribution in [2.75, 3.05) is 6.54 Å². The highest BCUT2D eigenvalue weighted by Crippen LogP contribution is 2.35. The Hall–Kier alpha value is -1.59. The molecule has 1 amide bonds. The van der Waals surface area contributed by atoms with Crippen LogP contribution < -0.4 is 0 Å². The van der Waals surface area contributed by atoms with Gasteiger partial charge in [-0.2, -0.15) is 0 Å². The summed E-state index contributed by atoms with van der Waals surface area (Å²) >= 11 is 5.38. The minimum atomic E-state index is 0.0624. The molecule has 1 unspecified atom stereocenters. The molecule has 1 aromatic carbocycles. The van der Waals surface area contributed by atoms with Crippen LogP contribution in [0.4, 0.5) is 0 Å². The first-order chi connectivity index (χ1) is 10.7. The molecule has 0 spiro atoms. The third-order valence-electron chi connectivity index (χ3n) is 4.39. The number of rotatable bonds is 1. The molecule has 2 aromatic heterocycles. The average Bonchev–Trinajstić information content (AvgIpc) is 3.13. The molecular weight excluding hydrogens is 360 g/mol. The molecule has 0 saturated heterocycles. The van der Waals surface area contributed by atoms with Crippen LogP contribution in [0.2, 0.25) is 0 Å². The quantitative estimate of drug-likeness (QED) is 0.655. The van der Waals surface area contributed by atoms with Crippen LogP contribution in [0.5, 0.6) is 0 Å². The van der Waals surface area contributed by atoms with Crippen molar-refractivity contribution < 1.29 is 4.79 Å². The molecule has 1 aliphatic heterocycles. The first kappa shape index (κ1) is 14.0. The largest absolute Gasteiger partial charge is 0.350 e. The van der Waals surface area contributed by atoms with Crippen molar-refractivity contribution >= 4 is 44.1 Å². The Morgan fingerprint density at radius 1 is 1.36 bits per heavy atom. The summed E-state index contributed by atoms with van der Waals surface area (Å²) in [6.07, 6.45) is 0.945. The molecular formula is C17H15BrN2OS. The second-order valence-corrected chi connectivity index (χ2v) is 7.38. The average molecular weight is 375 g/mol. The Balaban J connectivity index is 1.74. The number of aromatic amines is 1. The number of benzene rings is 1. The minimum absolute atomic E-state index is 0.0624. The van der Waals surface area contributed by atoms with Crippen molar-refractivity contribution in [1.29, 1.82) is 0 Å². The highest BCUT2D eigenvalue weighted by Gasteiger charge is 2.30. The topological polar surface area (TPSA) is 36.1 Å². The molecule has 112 valence electrons. The van der Waals surface area contributed by atoms with Gasteiger partial charge in [0, 0.05) is 22.3 Å². The summed E-state index contributed by atoms with van der Waals surface area (Å²) < 4.78 is 0.858. The van der Waals surface area contributed by atoms with Crippen molar-refractivity contribution in [2.45, 2.75) is 19.4 Å². The van der Waals surface area contributed by atoms with Crippen molar-refractivity contribution in [3.63, 3.8) is 0 Å². The maximum Gasteiger partial charge on any atom is 0.271 e. The predicted molar refractivity (Wildman–Crippen MR) is 93.5 cm³/mol. The van der Waals surface area contributed by atoms with E-state index in [1.807, 2.05) is 29.2 Å². The molecule has 5 heteroatoms. The van der Waals surface area contributed by atoms with Crippen LogP contribution in [-0.2, 0) is 6.42 Å². The lowest BCUT2D eigenvalue weighted by Crippen LogP contribution is -2.38. The smallest absolute Gasteiger partial charge is 0.271 e. The number of para-hydroxylation sites is 1. The highest BCUT2D eigenvalue weighted by molar-refractivity contribution is 9.10. The summed E-state index contributed by atoms with van der Waals surface area (Å²) in [4.78, 5) is 19.6. The Morgan fingerprint density at radius 3 is 3.00 bits per heavy atom. The van der Waals surface area contributed by atoms with Gasteiger partial charge in [0.2, 0.25) is 0 Å². The number of carbonyl (C=O) groups is 1. The Kier molecular flexibility index (Phi) is 3.35. The van der Waals surface area contributed by atoms with E-state index in [0.29, 0.717) is 5.69 Å². The molecule has 1 N–H and O–H groups in total. The molecule has 3 nitrogen and oxygen atoms in total. The van der Waals surface area contributed by atoms with Crippen LogP contribution in [0, 0.1) is 0 Å². The second-order valence-electron chi connectivity index (χ2n) is 5.58. The van der Waals surface area contributed by atoms with E-state index in [9.17, 15) is 4.79 Å². The molecule has 22 heavy (non-hydrogen) atoms. The number of hydrogen-bond acceptors (Lipinski definition) is 2. The van der Waals surface area contributed by atoms with Gasteiger partial charge in [-0.15, -0.1) is 11.3 Å². The van der Waals surface area contributed by atoms with Gasteiger partial charge in [0.25, 0.3) is 5.91 Å². The zero-order valence-electron chi connectivity index (χ0n) is 12.1. The van der Waals surface area contributed by atoms with Crippen LogP contribution in [0.15, 0.2) is 40.2 Å². The first-order valence-corrected chi connectivity index (χ1v) is 8.97. The van der Waals surface area contributed by atoms with E-state index in [-0.39, 0.29) is 11.9 Å². The van der Waals surface area contributed by atoms with Crippen LogP contribution in [-0.4, -0.2) is 22.3 Å². The standard InChI is InChI=1S/C17H15BrN2OS/c1-10-11-7-9-22-14(11)6-8-20(10)17(21)16-15(18)12-4-2-3-5-13(12)19-16/h2-5,7,9-10,19H,6,8H2,1H3. The molecule has 0 radical (unpaired) electrons. The fourth-order valence-corrected chi connectivity index (χ4v) is 4.76. The summed E-state index contributed by atoms with van der Waals surface area (Å²) in [6.45, 7) is 2.88. The maximum absolute atomic E-state index is 13.0. The van der Waals surface area contributed by atoms with Crippen molar-refractivity contribution in [3.05, 3.63) is 56.3 Å². The summed E-state index contributed by atoms with van der Waals surface area (Å²) in [7, 11) is 0. The SMILES string of the molecule is CC1c2ccsc2CCN1C(=O)c1[nH]c2ccccc2c1Br. The van der Waals surface area contributed by atoms with Gasteiger partial charge in [-0.25, -0.2) is 0 Å². The number of thiophene rings is 1. The van der Waals surface area contributed by atoms with Crippen LogP contribution in [0.1, 0.15) is 33.9 Å². The molecule has 0 saturated carbocycles. The van der Waals surface area contributed by atoms with E-state index in [0.717, 1.165) is 28.3 Å². The second kappa shape index (κ2) is 5.25. The van der Waals surface area contributed by atoms with Crippen LogP contribution in [0.25, 0.3) is 10.9 Å². The van der Waals surface area contributed by atoms with E-state index in [2.05, 4.69) is 39.3 Å². The molecule has 0 fully saturated rings. The van der Waals surface area contributed by atoms with Gasteiger partial charge in [0.1, 0.15) is 5.69 Å². The van der Waals surface area contributed by atoms with Crippen LogP contribution in [0.3, 0.4) is 0 Å². The third-order valence-corrected chi connectivity index (χ3v) is 6.21. The number of amides is 1. The van der Waals surface area contributed by atoms with Crippen molar-refractivity contribution in [2.24, 2.45) is 0 Å². The zero-order chi connectivity index (χ0) is 15.3. The fourth-order valence-electron chi connectivity index (χ4n) is 3.19. The number of nitrogens with zero attached hydrogens (tertiary/aromatic N) is 1. The van der Waals surface area contributed by atoms with Crippen molar-refractivity contribution in [3.8, 4) is 0 Å². The monoisotopic (exact) mass is 374 g/mol. The number of carbonyl (C=O) groups excluding carboxylic acids is 1. The normalized spacial score (nSPS) is 17.7. The number of halogens is 1. The van der Waals surface area contributed by atoms with E-state index >= 15 is 0 Å². The maximum atomic E-state index is 13.0. The van der Waals surface area contributed by atoms with Gasteiger partial charge < -0.3 is 9.88 Å².